The molecule has 1 aromatic carbocycles. The smallest absolute Gasteiger partial charge is 0.255 e. The van der Waals surface area contributed by atoms with E-state index in [1.54, 1.807) is 34.0 Å². The highest BCUT2D eigenvalue weighted by atomic mass is 16.3. The zero-order valence-corrected chi connectivity index (χ0v) is 19.7. The van der Waals surface area contributed by atoms with Crippen molar-refractivity contribution in [1.82, 2.24) is 4.90 Å². The number of aliphatic hydroxyl groups excluding tert-OH is 1. The number of Topliss-reactive ketones (excluding diaryl/α,β-unsaturated/α-hetero) is 3. The highest BCUT2D eigenvalue weighted by molar-refractivity contribution is 6.27. The van der Waals surface area contributed by atoms with Gasteiger partial charge in [0.15, 0.2) is 23.0 Å². The molecule has 0 unspecified atom stereocenters. The van der Waals surface area contributed by atoms with Gasteiger partial charge >= 0.3 is 0 Å². The van der Waals surface area contributed by atoms with Gasteiger partial charge in [-0.15, -0.1) is 0 Å². The first kappa shape index (κ1) is 23.8. The fourth-order valence-corrected chi connectivity index (χ4v) is 6.29. The van der Waals surface area contributed by atoms with Gasteiger partial charge < -0.3 is 21.1 Å². The largest absolute Gasteiger partial charge is 0.508 e. The molecular weight excluding hydrogens is 440 g/mol. The predicted octanol–water partition coefficient (Wildman–Crippen LogP) is 0.971. The van der Waals surface area contributed by atoms with E-state index in [0.29, 0.717) is 22.3 Å². The lowest BCUT2D eigenvalue weighted by Crippen LogP contribution is -2.70. The van der Waals surface area contributed by atoms with Gasteiger partial charge in [0.05, 0.1) is 17.0 Å². The Bertz CT molecular complexity index is 1260. The van der Waals surface area contributed by atoms with Gasteiger partial charge in [-0.1, -0.05) is 12.6 Å². The molecule has 5 N–H and O–H groups in total. The summed E-state index contributed by atoms with van der Waals surface area (Å²) in [7, 11) is 3.09. The van der Waals surface area contributed by atoms with Crippen LogP contribution in [0.15, 0.2) is 24.0 Å². The third kappa shape index (κ3) is 2.56. The number of nitrogens with two attached hydrogens (primary N) is 1. The maximum Gasteiger partial charge on any atom is 0.255 e. The van der Waals surface area contributed by atoms with Crippen LogP contribution in [0, 0.1) is 31.1 Å². The monoisotopic (exact) mass is 468 g/mol. The molecule has 0 aliphatic heterocycles. The number of likely N-dealkylation sites (N-methyl/N-ethyl adjacent to an activating group) is 1. The predicted molar refractivity (Wildman–Crippen MR) is 122 cm³/mol. The van der Waals surface area contributed by atoms with Crippen LogP contribution in [0.1, 0.15) is 40.4 Å². The summed E-state index contributed by atoms with van der Waals surface area (Å²) in [5.41, 5.74) is 1.79. The molecule has 3 aliphatic carbocycles. The maximum atomic E-state index is 14.1. The van der Waals surface area contributed by atoms with Crippen molar-refractivity contribution >= 4 is 28.8 Å². The number of ketones is 3. The number of allylic oxidation sites excluding steroid dienone is 1. The fourth-order valence-electron chi connectivity index (χ4n) is 6.29. The minimum atomic E-state index is -2.71. The van der Waals surface area contributed by atoms with Crippen molar-refractivity contribution in [2.45, 2.75) is 38.8 Å². The molecule has 0 saturated heterocycles. The number of phenolic OH excluding ortho intramolecular Hbond substituents is 1. The fraction of sp³-hybridized carbons (Fsp3) is 0.440. The number of aromatic hydroxyl groups is 1. The molecule has 0 radical (unpaired) electrons. The number of amides is 1. The Kier molecular flexibility index (Phi) is 4.98. The van der Waals surface area contributed by atoms with Gasteiger partial charge in [-0.3, -0.25) is 24.1 Å². The number of hydrogen-bond donors (Lipinski definition) is 4. The Morgan fingerprint density at radius 1 is 1.15 bits per heavy atom. The Morgan fingerprint density at radius 2 is 1.74 bits per heavy atom. The minimum Gasteiger partial charge on any atom is -0.508 e. The lowest BCUT2D eigenvalue weighted by Gasteiger charge is -2.56. The molecule has 1 saturated carbocycles. The zero-order chi connectivity index (χ0) is 25.7. The van der Waals surface area contributed by atoms with Crippen molar-refractivity contribution < 1.29 is 34.5 Å². The van der Waals surface area contributed by atoms with Gasteiger partial charge in [0.1, 0.15) is 17.1 Å². The van der Waals surface area contributed by atoms with Crippen molar-refractivity contribution in [3.8, 4) is 5.75 Å². The van der Waals surface area contributed by atoms with E-state index in [1.165, 1.54) is 11.8 Å². The third-order valence-corrected chi connectivity index (χ3v) is 7.97. The quantitative estimate of drug-likeness (QED) is 0.369. The van der Waals surface area contributed by atoms with Gasteiger partial charge in [0.2, 0.25) is 0 Å². The van der Waals surface area contributed by atoms with E-state index in [2.05, 4.69) is 6.58 Å². The minimum absolute atomic E-state index is 0.0540. The van der Waals surface area contributed by atoms with E-state index in [4.69, 9.17) is 5.73 Å². The number of benzene rings is 1. The molecule has 0 spiro atoms. The van der Waals surface area contributed by atoms with Crippen molar-refractivity contribution in [1.29, 1.82) is 0 Å². The Hall–Kier alpha value is -3.30. The van der Waals surface area contributed by atoms with Crippen molar-refractivity contribution in [3.63, 3.8) is 0 Å². The van der Waals surface area contributed by atoms with Crippen molar-refractivity contribution in [2.24, 2.45) is 23.0 Å². The summed E-state index contributed by atoms with van der Waals surface area (Å²) in [6.45, 7) is 8.90. The van der Waals surface area contributed by atoms with E-state index in [0.717, 1.165) is 0 Å². The third-order valence-electron chi connectivity index (χ3n) is 7.97. The number of fused-ring (bicyclic) bond motifs is 3. The van der Waals surface area contributed by atoms with Crippen LogP contribution in [0.5, 0.6) is 5.75 Å². The first-order chi connectivity index (χ1) is 15.6. The number of aryl methyl sites for hydroxylation is 2. The summed E-state index contributed by atoms with van der Waals surface area (Å²) in [6, 6.07) is 0.560. The summed E-state index contributed by atoms with van der Waals surface area (Å²) in [4.78, 5) is 54.6. The Balaban J connectivity index is 2.05. The second-order valence-electron chi connectivity index (χ2n) is 10.0. The van der Waals surface area contributed by atoms with Crippen LogP contribution < -0.4 is 5.73 Å². The van der Waals surface area contributed by atoms with Crippen LogP contribution >= 0.6 is 0 Å². The molecule has 1 amide bonds. The number of aliphatic hydroxyl groups is 2. The number of rotatable bonds is 2. The molecule has 9 heteroatoms. The van der Waals surface area contributed by atoms with Crippen LogP contribution in [0.4, 0.5) is 0 Å². The van der Waals surface area contributed by atoms with Gasteiger partial charge in [-0.2, -0.15) is 0 Å². The van der Waals surface area contributed by atoms with Gasteiger partial charge in [-0.05, 0) is 63.6 Å². The zero-order valence-electron chi connectivity index (χ0n) is 19.7. The lowest BCUT2D eigenvalue weighted by molar-refractivity contribution is -0.168. The number of carbonyl (C=O) groups is 4. The molecule has 1 aromatic rings. The molecule has 5 atom stereocenters. The van der Waals surface area contributed by atoms with E-state index >= 15 is 0 Å². The maximum absolute atomic E-state index is 14.1. The molecule has 3 aliphatic rings. The van der Waals surface area contributed by atoms with Gasteiger partial charge in [-0.25, -0.2) is 0 Å². The van der Waals surface area contributed by atoms with E-state index < -0.39 is 63.5 Å². The summed E-state index contributed by atoms with van der Waals surface area (Å²) in [5, 5.41) is 33.4. The molecule has 34 heavy (non-hydrogen) atoms. The van der Waals surface area contributed by atoms with E-state index in [1.807, 2.05) is 0 Å². The number of primary amides is 1. The average molecular weight is 469 g/mol. The molecule has 0 heterocycles. The van der Waals surface area contributed by atoms with Crippen LogP contribution in [-0.4, -0.2) is 69.2 Å². The average Bonchev–Trinajstić information content (AvgIpc) is 2.73. The molecule has 0 aromatic heterocycles. The highest BCUT2D eigenvalue weighted by Crippen LogP contribution is 2.60. The standard InChI is InChI=1S/C25H28N2O7/c1-9-7-10(2)18(28)15-14(9)11(3)12-8-13-17(27(5)6)19(29)16(22(26)32)21(31)25(13,34)23(33)24(12,4)20(15)30/h7,12-13,17,28,31,34H,3,8H2,1-2,4-6H3,(H2,26,32)/t12-,13+,17+,24-,25-/m1/s1. The molecule has 0 bridgehead atoms. The normalized spacial score (nSPS) is 33.1. The first-order valence-corrected chi connectivity index (χ1v) is 10.9. The Labute approximate surface area is 196 Å². The van der Waals surface area contributed by atoms with Gasteiger partial charge in [0.25, 0.3) is 5.91 Å². The summed E-state index contributed by atoms with van der Waals surface area (Å²) in [5.74, 6) is -7.27. The number of hydrogen-bond acceptors (Lipinski definition) is 8. The van der Waals surface area contributed by atoms with Crippen LogP contribution in [0.25, 0.3) is 5.57 Å². The topological polar surface area (TPSA) is 158 Å². The molecule has 1 fully saturated rings. The SMILES string of the molecule is C=C1c2c(C)cc(C)c(O)c2C(=O)[C@]2(C)C(=O)[C@]3(O)C(O)=C(C(N)=O)C(=O)[C@@H](N(C)C)[C@@H]3C[C@H]12. The van der Waals surface area contributed by atoms with Crippen LogP contribution in [0.2, 0.25) is 0 Å². The molecule has 180 valence electrons. The van der Waals surface area contributed by atoms with E-state index in [-0.39, 0.29) is 17.7 Å². The Morgan fingerprint density at radius 3 is 2.26 bits per heavy atom. The molecule has 4 rings (SSSR count). The number of phenols is 1. The highest BCUT2D eigenvalue weighted by Gasteiger charge is 2.71. The second kappa shape index (κ2) is 7.10. The molecule has 9 nitrogen and oxygen atoms in total. The number of carbonyl (C=O) groups excluding carboxylic acids is 4. The van der Waals surface area contributed by atoms with Crippen molar-refractivity contribution in [3.05, 3.63) is 46.2 Å². The van der Waals surface area contributed by atoms with Crippen LogP contribution in [0.3, 0.4) is 0 Å². The number of nitrogens with zero attached hydrogens (tertiary/aromatic N) is 1. The van der Waals surface area contributed by atoms with Crippen molar-refractivity contribution in [2.75, 3.05) is 14.1 Å². The second-order valence-corrected chi connectivity index (χ2v) is 10.0. The summed E-state index contributed by atoms with van der Waals surface area (Å²) >= 11 is 0. The summed E-state index contributed by atoms with van der Waals surface area (Å²) in [6.07, 6.45) is -0.0540. The van der Waals surface area contributed by atoms with Gasteiger partial charge in [0, 0.05) is 11.8 Å². The first-order valence-electron chi connectivity index (χ1n) is 10.9. The molecular formula is C25H28N2O7. The van der Waals surface area contributed by atoms with Crippen LogP contribution in [-0.2, 0) is 14.4 Å². The lowest BCUT2D eigenvalue weighted by atomic mass is 9.47. The van der Waals surface area contributed by atoms with E-state index in [9.17, 15) is 34.5 Å². The summed E-state index contributed by atoms with van der Waals surface area (Å²) < 4.78 is 0.